The standard InChI is InChI=1S/C13H10N2O3/c1-16-13(9(6-14)7-15)12-8-17-10-4-2-3-5-11(10)18-12/h2-5,12H,8H2,1H3. The summed E-state index contributed by atoms with van der Waals surface area (Å²) in [4.78, 5) is 0. The fraction of sp³-hybridized carbons (Fsp3) is 0.231. The molecule has 0 fully saturated rings. The minimum Gasteiger partial charge on any atom is -0.495 e. The lowest BCUT2D eigenvalue weighted by atomic mass is 10.1. The van der Waals surface area contributed by atoms with E-state index in [2.05, 4.69) is 0 Å². The Bertz CT molecular complexity index is 550. The lowest BCUT2D eigenvalue weighted by Crippen LogP contribution is -2.32. The number of nitrogens with zero attached hydrogens (tertiary/aromatic N) is 2. The van der Waals surface area contributed by atoms with Gasteiger partial charge in [0.1, 0.15) is 18.7 Å². The molecule has 0 spiro atoms. The van der Waals surface area contributed by atoms with Gasteiger partial charge in [-0.25, -0.2) is 0 Å². The molecule has 0 aliphatic carbocycles. The summed E-state index contributed by atoms with van der Waals surface area (Å²) < 4.78 is 16.2. The molecule has 1 aliphatic rings. The highest BCUT2D eigenvalue weighted by Crippen LogP contribution is 2.33. The zero-order valence-electron chi connectivity index (χ0n) is 9.71. The van der Waals surface area contributed by atoms with Crippen LogP contribution in [-0.4, -0.2) is 19.8 Å². The first-order chi connectivity index (χ1) is 8.80. The molecular formula is C13H10N2O3. The van der Waals surface area contributed by atoms with E-state index in [1.54, 1.807) is 24.3 Å². The summed E-state index contributed by atoms with van der Waals surface area (Å²) in [7, 11) is 1.40. The second-order valence-electron chi connectivity index (χ2n) is 3.53. The SMILES string of the molecule is COC(=C(C#N)C#N)C1COc2ccccc2O1. The largest absolute Gasteiger partial charge is 0.495 e. The highest BCUT2D eigenvalue weighted by Gasteiger charge is 2.27. The minimum atomic E-state index is -0.584. The molecule has 0 saturated carbocycles. The van der Waals surface area contributed by atoms with Crippen LogP contribution in [0.1, 0.15) is 0 Å². The van der Waals surface area contributed by atoms with Gasteiger partial charge >= 0.3 is 0 Å². The van der Waals surface area contributed by atoms with Crippen molar-refractivity contribution >= 4 is 0 Å². The molecule has 0 radical (unpaired) electrons. The molecule has 1 heterocycles. The van der Waals surface area contributed by atoms with Gasteiger partial charge in [0.05, 0.1) is 7.11 Å². The Kier molecular flexibility index (Phi) is 3.36. The number of fused-ring (bicyclic) bond motifs is 1. The smallest absolute Gasteiger partial charge is 0.191 e. The van der Waals surface area contributed by atoms with Crippen LogP contribution in [0.2, 0.25) is 0 Å². The van der Waals surface area contributed by atoms with Crippen LogP contribution < -0.4 is 9.47 Å². The van der Waals surface area contributed by atoms with Gasteiger partial charge in [-0.1, -0.05) is 12.1 Å². The van der Waals surface area contributed by atoms with Crippen LogP contribution in [0.5, 0.6) is 11.5 Å². The van der Waals surface area contributed by atoms with Crippen LogP contribution in [-0.2, 0) is 4.74 Å². The monoisotopic (exact) mass is 242 g/mol. The van der Waals surface area contributed by atoms with Crippen molar-refractivity contribution in [2.75, 3.05) is 13.7 Å². The minimum absolute atomic E-state index is 0.106. The Morgan fingerprint density at radius 3 is 2.56 bits per heavy atom. The molecule has 0 aromatic heterocycles. The fourth-order valence-electron chi connectivity index (χ4n) is 1.68. The zero-order valence-corrected chi connectivity index (χ0v) is 9.71. The Hall–Kier alpha value is -2.66. The van der Waals surface area contributed by atoms with Gasteiger partial charge in [0.25, 0.3) is 0 Å². The number of hydrogen-bond donors (Lipinski definition) is 0. The molecule has 2 rings (SSSR count). The molecular weight excluding hydrogens is 232 g/mol. The molecule has 0 bridgehead atoms. The second-order valence-corrected chi connectivity index (χ2v) is 3.53. The van der Waals surface area contributed by atoms with Gasteiger partial charge in [0.2, 0.25) is 0 Å². The van der Waals surface area contributed by atoms with Gasteiger partial charge < -0.3 is 14.2 Å². The summed E-state index contributed by atoms with van der Waals surface area (Å²) in [5.74, 6) is 1.40. The van der Waals surface area contributed by atoms with E-state index in [0.717, 1.165) is 0 Å². The van der Waals surface area contributed by atoms with Gasteiger partial charge in [-0.15, -0.1) is 0 Å². The maximum absolute atomic E-state index is 8.85. The lowest BCUT2D eigenvalue weighted by Gasteiger charge is -2.27. The van der Waals surface area contributed by atoms with E-state index >= 15 is 0 Å². The summed E-state index contributed by atoms with van der Waals surface area (Å²) in [5, 5.41) is 17.7. The molecule has 1 unspecified atom stereocenters. The van der Waals surface area contributed by atoms with Crippen molar-refractivity contribution in [3.05, 3.63) is 35.6 Å². The Morgan fingerprint density at radius 2 is 1.94 bits per heavy atom. The summed E-state index contributed by atoms with van der Waals surface area (Å²) in [6, 6.07) is 10.8. The highest BCUT2D eigenvalue weighted by molar-refractivity contribution is 5.44. The van der Waals surface area contributed by atoms with Gasteiger partial charge in [-0.3, -0.25) is 0 Å². The first kappa shape index (κ1) is 11.8. The summed E-state index contributed by atoms with van der Waals surface area (Å²) in [5.41, 5.74) is -0.106. The number of nitriles is 2. The van der Waals surface area contributed by atoms with Gasteiger partial charge in [-0.05, 0) is 12.1 Å². The predicted molar refractivity (Wildman–Crippen MR) is 61.6 cm³/mol. The molecule has 90 valence electrons. The second kappa shape index (κ2) is 5.11. The first-order valence-corrected chi connectivity index (χ1v) is 5.27. The molecule has 1 aromatic rings. The van der Waals surface area contributed by atoms with Crippen molar-refractivity contribution in [1.82, 2.24) is 0 Å². The Balaban J connectivity index is 2.31. The zero-order chi connectivity index (χ0) is 13.0. The van der Waals surface area contributed by atoms with Crippen molar-refractivity contribution in [2.24, 2.45) is 0 Å². The fourth-order valence-corrected chi connectivity index (χ4v) is 1.68. The molecule has 1 aliphatic heterocycles. The third-order valence-electron chi connectivity index (χ3n) is 2.49. The number of methoxy groups -OCH3 is 1. The maximum atomic E-state index is 8.85. The quantitative estimate of drug-likeness (QED) is 0.583. The van der Waals surface area contributed by atoms with E-state index in [9.17, 15) is 0 Å². The molecule has 0 saturated heterocycles. The normalized spacial score (nSPS) is 16.1. The predicted octanol–water partition coefficient (Wildman–Crippen LogP) is 1.77. The summed E-state index contributed by atoms with van der Waals surface area (Å²) >= 11 is 0. The Morgan fingerprint density at radius 1 is 1.28 bits per heavy atom. The van der Waals surface area contributed by atoms with Gasteiger partial charge in [0, 0.05) is 0 Å². The maximum Gasteiger partial charge on any atom is 0.191 e. The van der Waals surface area contributed by atoms with Crippen LogP contribution in [0.15, 0.2) is 35.6 Å². The molecule has 0 N–H and O–H groups in total. The summed E-state index contributed by atoms with van der Waals surface area (Å²) in [6.45, 7) is 0.201. The van der Waals surface area contributed by atoms with E-state index in [-0.39, 0.29) is 17.9 Å². The van der Waals surface area contributed by atoms with Crippen molar-refractivity contribution in [2.45, 2.75) is 6.10 Å². The molecule has 5 nitrogen and oxygen atoms in total. The molecule has 18 heavy (non-hydrogen) atoms. The van der Waals surface area contributed by atoms with E-state index < -0.39 is 6.10 Å². The molecule has 5 heteroatoms. The van der Waals surface area contributed by atoms with Crippen LogP contribution >= 0.6 is 0 Å². The first-order valence-electron chi connectivity index (χ1n) is 5.27. The van der Waals surface area contributed by atoms with Crippen molar-refractivity contribution in [3.8, 4) is 23.6 Å². The van der Waals surface area contributed by atoms with Crippen molar-refractivity contribution in [3.63, 3.8) is 0 Å². The average Bonchev–Trinajstić information content (AvgIpc) is 2.44. The average molecular weight is 242 g/mol. The van der Waals surface area contributed by atoms with E-state index in [1.165, 1.54) is 7.11 Å². The topological polar surface area (TPSA) is 75.3 Å². The van der Waals surface area contributed by atoms with E-state index in [0.29, 0.717) is 11.5 Å². The van der Waals surface area contributed by atoms with Gasteiger partial charge in [-0.2, -0.15) is 10.5 Å². The van der Waals surface area contributed by atoms with Crippen LogP contribution in [0.4, 0.5) is 0 Å². The number of benzene rings is 1. The van der Waals surface area contributed by atoms with Crippen molar-refractivity contribution < 1.29 is 14.2 Å². The number of ether oxygens (including phenoxy) is 3. The lowest BCUT2D eigenvalue weighted by molar-refractivity contribution is 0.0714. The van der Waals surface area contributed by atoms with E-state index in [4.69, 9.17) is 24.7 Å². The number of rotatable bonds is 2. The van der Waals surface area contributed by atoms with E-state index in [1.807, 2.05) is 12.1 Å². The number of allylic oxidation sites excluding steroid dienone is 1. The Labute approximate surface area is 104 Å². The van der Waals surface area contributed by atoms with Crippen molar-refractivity contribution in [1.29, 1.82) is 10.5 Å². The molecule has 0 amide bonds. The molecule has 1 atom stereocenters. The van der Waals surface area contributed by atoms with Crippen LogP contribution in [0.25, 0.3) is 0 Å². The third kappa shape index (κ3) is 2.07. The highest BCUT2D eigenvalue weighted by atomic mass is 16.6. The number of hydrogen-bond acceptors (Lipinski definition) is 5. The summed E-state index contributed by atoms with van der Waals surface area (Å²) in [6.07, 6.45) is -0.584. The number of para-hydroxylation sites is 2. The third-order valence-corrected chi connectivity index (χ3v) is 2.49. The molecule has 1 aromatic carbocycles. The van der Waals surface area contributed by atoms with Crippen LogP contribution in [0, 0.1) is 22.7 Å². The van der Waals surface area contributed by atoms with Crippen LogP contribution in [0.3, 0.4) is 0 Å². The van der Waals surface area contributed by atoms with Gasteiger partial charge in [0.15, 0.2) is 28.9 Å².